The van der Waals surface area contributed by atoms with Gasteiger partial charge in [-0.1, -0.05) is 12.2 Å². The number of hydrogen-bond acceptors (Lipinski definition) is 4. The number of ether oxygens (including phenoxy) is 1. The highest BCUT2D eigenvalue weighted by molar-refractivity contribution is 7.80. The molecule has 0 aromatic carbocycles. The van der Waals surface area contributed by atoms with E-state index in [1.165, 1.54) is 0 Å². The van der Waals surface area contributed by atoms with Crippen molar-refractivity contribution in [1.82, 2.24) is 4.98 Å². The van der Waals surface area contributed by atoms with Gasteiger partial charge in [0.05, 0.1) is 23.7 Å². The molecule has 18 heavy (non-hydrogen) atoms. The standard InChI is InChI=1S/C13H21N3OS/c1-10(2)17-8-4-3-7-15-11-5-6-12(13(14)18)16-9-11/h5-6,9-10,15H,3-4,7-8H2,1-2H3,(H2,14,18). The highest BCUT2D eigenvalue weighted by Crippen LogP contribution is 2.06. The van der Waals surface area contributed by atoms with Crippen molar-refractivity contribution in [1.29, 1.82) is 0 Å². The zero-order chi connectivity index (χ0) is 13.4. The van der Waals surface area contributed by atoms with Gasteiger partial charge < -0.3 is 15.8 Å². The predicted octanol–water partition coefficient (Wildman–Crippen LogP) is 2.33. The molecule has 4 nitrogen and oxygen atoms in total. The van der Waals surface area contributed by atoms with Crippen LogP contribution in [0, 0.1) is 0 Å². The maximum atomic E-state index is 5.48. The molecule has 0 unspecified atom stereocenters. The van der Waals surface area contributed by atoms with E-state index in [0.717, 1.165) is 31.7 Å². The minimum Gasteiger partial charge on any atom is -0.388 e. The van der Waals surface area contributed by atoms with Gasteiger partial charge in [0.2, 0.25) is 0 Å². The summed E-state index contributed by atoms with van der Waals surface area (Å²) in [5.41, 5.74) is 7.12. The van der Waals surface area contributed by atoms with Gasteiger partial charge in [0.25, 0.3) is 0 Å². The van der Waals surface area contributed by atoms with Crippen molar-refractivity contribution in [3.8, 4) is 0 Å². The van der Waals surface area contributed by atoms with Crippen LogP contribution in [0.3, 0.4) is 0 Å². The number of rotatable bonds is 8. The zero-order valence-corrected chi connectivity index (χ0v) is 11.8. The van der Waals surface area contributed by atoms with E-state index in [1.54, 1.807) is 6.20 Å². The normalized spacial score (nSPS) is 10.6. The topological polar surface area (TPSA) is 60.2 Å². The Bertz CT molecular complexity index is 365. The molecule has 1 aromatic rings. The molecule has 1 rings (SSSR count). The smallest absolute Gasteiger partial charge is 0.122 e. The molecule has 100 valence electrons. The van der Waals surface area contributed by atoms with Crippen molar-refractivity contribution in [2.45, 2.75) is 32.8 Å². The first-order valence-corrected chi connectivity index (χ1v) is 6.61. The monoisotopic (exact) mass is 267 g/mol. The third-order valence-corrected chi connectivity index (χ3v) is 2.58. The van der Waals surface area contributed by atoms with Crippen molar-refractivity contribution < 1.29 is 4.74 Å². The lowest BCUT2D eigenvalue weighted by Gasteiger charge is -2.08. The first kappa shape index (κ1) is 14.9. The van der Waals surface area contributed by atoms with E-state index in [0.29, 0.717) is 16.8 Å². The molecule has 0 amide bonds. The molecule has 0 spiro atoms. The molecular weight excluding hydrogens is 246 g/mol. The lowest BCUT2D eigenvalue weighted by molar-refractivity contribution is 0.0765. The lowest BCUT2D eigenvalue weighted by atomic mass is 10.3. The molecule has 3 N–H and O–H groups in total. The Morgan fingerprint density at radius 2 is 2.22 bits per heavy atom. The first-order chi connectivity index (χ1) is 8.59. The average molecular weight is 267 g/mol. The molecule has 0 aliphatic heterocycles. The SMILES string of the molecule is CC(C)OCCCCNc1ccc(C(N)=S)nc1. The number of thiocarbonyl (C=S) groups is 1. The van der Waals surface area contributed by atoms with Crippen molar-refractivity contribution in [3.05, 3.63) is 24.0 Å². The summed E-state index contributed by atoms with van der Waals surface area (Å²) >= 11 is 4.84. The summed E-state index contributed by atoms with van der Waals surface area (Å²) in [6.07, 6.45) is 4.20. The molecule has 0 atom stereocenters. The molecule has 1 aromatic heterocycles. The van der Waals surface area contributed by atoms with Gasteiger partial charge in [-0.25, -0.2) is 0 Å². The molecule has 0 aliphatic rings. The summed E-state index contributed by atoms with van der Waals surface area (Å²) in [6, 6.07) is 3.76. The molecule has 0 aliphatic carbocycles. The van der Waals surface area contributed by atoms with Crippen LogP contribution in [0.2, 0.25) is 0 Å². The maximum absolute atomic E-state index is 5.48. The van der Waals surface area contributed by atoms with E-state index in [1.807, 2.05) is 26.0 Å². The molecule has 0 radical (unpaired) electrons. The van der Waals surface area contributed by atoms with Crippen LogP contribution < -0.4 is 11.1 Å². The van der Waals surface area contributed by atoms with Gasteiger partial charge >= 0.3 is 0 Å². The third-order valence-electron chi connectivity index (χ3n) is 2.37. The Morgan fingerprint density at radius 3 is 2.78 bits per heavy atom. The second-order valence-electron chi connectivity index (χ2n) is 4.35. The molecule has 0 saturated heterocycles. The summed E-state index contributed by atoms with van der Waals surface area (Å²) < 4.78 is 5.47. The van der Waals surface area contributed by atoms with Gasteiger partial charge in [-0.15, -0.1) is 0 Å². The summed E-state index contributed by atoms with van der Waals surface area (Å²) in [4.78, 5) is 4.49. The van der Waals surface area contributed by atoms with Gasteiger partial charge in [-0.2, -0.15) is 0 Å². The van der Waals surface area contributed by atoms with Crippen LogP contribution in [0.15, 0.2) is 18.3 Å². The number of unbranched alkanes of at least 4 members (excludes halogenated alkanes) is 1. The fourth-order valence-corrected chi connectivity index (χ4v) is 1.54. The van der Waals surface area contributed by atoms with Gasteiger partial charge in [0.1, 0.15) is 4.99 Å². The van der Waals surface area contributed by atoms with Crippen molar-refractivity contribution in [3.63, 3.8) is 0 Å². The zero-order valence-electron chi connectivity index (χ0n) is 11.0. The van der Waals surface area contributed by atoms with Crippen molar-refractivity contribution >= 4 is 22.9 Å². The second-order valence-corrected chi connectivity index (χ2v) is 4.79. The van der Waals surface area contributed by atoms with Gasteiger partial charge in [-0.05, 0) is 38.8 Å². The van der Waals surface area contributed by atoms with E-state index >= 15 is 0 Å². The minimum absolute atomic E-state index is 0.315. The number of pyridine rings is 1. The Morgan fingerprint density at radius 1 is 1.44 bits per heavy atom. The lowest BCUT2D eigenvalue weighted by Crippen LogP contribution is -2.12. The number of nitrogens with zero attached hydrogens (tertiary/aromatic N) is 1. The summed E-state index contributed by atoms with van der Waals surface area (Å²) in [7, 11) is 0. The molecule has 1 heterocycles. The van der Waals surface area contributed by atoms with E-state index in [-0.39, 0.29) is 0 Å². The van der Waals surface area contributed by atoms with E-state index < -0.39 is 0 Å². The number of nitrogens with two attached hydrogens (primary N) is 1. The average Bonchev–Trinajstić information content (AvgIpc) is 2.34. The summed E-state index contributed by atoms with van der Waals surface area (Å²) in [5.74, 6) is 0. The van der Waals surface area contributed by atoms with E-state index in [2.05, 4.69) is 10.3 Å². The molecule has 5 heteroatoms. The van der Waals surface area contributed by atoms with Crippen LogP contribution in [-0.4, -0.2) is 29.2 Å². The first-order valence-electron chi connectivity index (χ1n) is 6.21. The van der Waals surface area contributed by atoms with Crippen LogP contribution >= 0.6 is 12.2 Å². The molecule has 0 bridgehead atoms. The Balaban J connectivity index is 2.17. The highest BCUT2D eigenvalue weighted by Gasteiger charge is 1.98. The predicted molar refractivity (Wildman–Crippen MR) is 78.9 cm³/mol. The number of nitrogens with one attached hydrogen (secondary N) is 1. The number of hydrogen-bond donors (Lipinski definition) is 2. The second kappa shape index (κ2) is 8.00. The van der Waals surface area contributed by atoms with Gasteiger partial charge in [0.15, 0.2) is 0 Å². The molecule has 0 saturated carbocycles. The largest absolute Gasteiger partial charge is 0.388 e. The highest BCUT2D eigenvalue weighted by atomic mass is 32.1. The van der Waals surface area contributed by atoms with Crippen molar-refractivity contribution in [2.75, 3.05) is 18.5 Å². The van der Waals surface area contributed by atoms with E-state index in [4.69, 9.17) is 22.7 Å². The number of anilines is 1. The Hall–Kier alpha value is -1.20. The summed E-state index contributed by atoms with van der Waals surface area (Å²) in [6.45, 7) is 5.83. The Labute approximate surface area is 114 Å². The minimum atomic E-state index is 0.315. The van der Waals surface area contributed by atoms with Crippen LogP contribution in [0.1, 0.15) is 32.4 Å². The molecule has 0 fully saturated rings. The van der Waals surface area contributed by atoms with Crippen LogP contribution in [0.25, 0.3) is 0 Å². The van der Waals surface area contributed by atoms with Crippen LogP contribution in [0.5, 0.6) is 0 Å². The quantitative estimate of drug-likeness (QED) is 0.559. The van der Waals surface area contributed by atoms with Gasteiger partial charge in [0, 0.05) is 13.2 Å². The van der Waals surface area contributed by atoms with Crippen LogP contribution in [0.4, 0.5) is 5.69 Å². The van der Waals surface area contributed by atoms with E-state index in [9.17, 15) is 0 Å². The Kier molecular flexibility index (Phi) is 6.60. The van der Waals surface area contributed by atoms with Crippen LogP contribution in [-0.2, 0) is 4.74 Å². The third kappa shape index (κ3) is 5.93. The van der Waals surface area contributed by atoms with Gasteiger partial charge in [-0.3, -0.25) is 4.98 Å². The van der Waals surface area contributed by atoms with Crippen molar-refractivity contribution in [2.24, 2.45) is 5.73 Å². The fraction of sp³-hybridized carbons (Fsp3) is 0.538. The molecular formula is C13H21N3OS. The maximum Gasteiger partial charge on any atom is 0.122 e. The number of aromatic nitrogens is 1. The summed E-state index contributed by atoms with van der Waals surface area (Å²) in [5, 5.41) is 3.30. The fourth-order valence-electron chi connectivity index (χ4n) is 1.42.